The number of halogens is 1. The van der Waals surface area contributed by atoms with Crippen LogP contribution in [0.4, 0.5) is 5.69 Å². The Balaban J connectivity index is 2.69. The summed E-state index contributed by atoms with van der Waals surface area (Å²) in [7, 11) is 0. The Morgan fingerprint density at radius 2 is 1.92 bits per heavy atom. The molecule has 0 amide bonds. The van der Waals surface area contributed by atoms with Crippen LogP contribution in [0.15, 0.2) is 24.3 Å². The third-order valence-electron chi connectivity index (χ3n) is 2.05. The summed E-state index contributed by atoms with van der Waals surface area (Å²) < 4.78 is 1.23. The molecule has 2 nitrogen and oxygen atoms in total. The van der Waals surface area contributed by atoms with E-state index in [0.717, 1.165) is 5.69 Å². The van der Waals surface area contributed by atoms with Crippen molar-refractivity contribution >= 4 is 28.3 Å². The van der Waals surface area contributed by atoms with Crippen LogP contribution in [0.2, 0.25) is 0 Å². The predicted molar refractivity (Wildman–Crippen MR) is 65.9 cm³/mol. The molecule has 0 spiro atoms. The Morgan fingerprint density at radius 3 is 2.46 bits per heavy atom. The van der Waals surface area contributed by atoms with E-state index < -0.39 is 0 Å². The first-order valence-electron chi connectivity index (χ1n) is 4.38. The molecule has 1 rings (SSSR count). The van der Waals surface area contributed by atoms with Crippen molar-refractivity contribution in [2.24, 2.45) is 5.73 Å². The second-order valence-electron chi connectivity index (χ2n) is 3.27. The third kappa shape index (κ3) is 3.15. The fraction of sp³-hybridized carbons (Fsp3) is 0.400. The molecule has 3 N–H and O–H groups in total. The van der Waals surface area contributed by atoms with E-state index in [1.807, 2.05) is 19.1 Å². The van der Waals surface area contributed by atoms with E-state index >= 15 is 0 Å². The van der Waals surface area contributed by atoms with Gasteiger partial charge in [0.05, 0.1) is 0 Å². The van der Waals surface area contributed by atoms with Crippen LogP contribution in [-0.4, -0.2) is 12.1 Å². The number of rotatable bonds is 3. The fourth-order valence-corrected chi connectivity index (χ4v) is 1.50. The number of hydrogen-bond acceptors (Lipinski definition) is 2. The van der Waals surface area contributed by atoms with E-state index in [1.54, 1.807) is 0 Å². The largest absolute Gasteiger partial charge is 0.380 e. The van der Waals surface area contributed by atoms with Crippen LogP contribution in [0, 0.1) is 3.57 Å². The van der Waals surface area contributed by atoms with Gasteiger partial charge in [-0.15, -0.1) is 0 Å². The first-order valence-corrected chi connectivity index (χ1v) is 5.46. The highest BCUT2D eigenvalue weighted by Crippen LogP contribution is 2.18. The second kappa shape index (κ2) is 4.81. The van der Waals surface area contributed by atoms with E-state index in [4.69, 9.17) is 5.73 Å². The summed E-state index contributed by atoms with van der Waals surface area (Å²) in [5.41, 5.74) is 6.93. The second-order valence-corrected chi connectivity index (χ2v) is 4.43. The number of anilines is 1. The van der Waals surface area contributed by atoms with Crippen LogP contribution in [0.5, 0.6) is 0 Å². The van der Waals surface area contributed by atoms with E-state index in [-0.39, 0.29) is 6.04 Å². The summed E-state index contributed by atoms with van der Waals surface area (Å²) in [5, 5.41) is 3.38. The lowest BCUT2D eigenvalue weighted by atomic mass is 10.2. The first-order chi connectivity index (χ1) is 6.11. The number of para-hydroxylation sites is 1. The van der Waals surface area contributed by atoms with Crippen molar-refractivity contribution in [3.63, 3.8) is 0 Å². The minimum atomic E-state index is 0.163. The van der Waals surface area contributed by atoms with Crippen LogP contribution in [0.1, 0.15) is 13.8 Å². The monoisotopic (exact) mass is 290 g/mol. The van der Waals surface area contributed by atoms with Gasteiger partial charge in [0.25, 0.3) is 0 Å². The van der Waals surface area contributed by atoms with Gasteiger partial charge in [0.2, 0.25) is 0 Å². The Bertz CT molecular complexity index is 273. The lowest BCUT2D eigenvalue weighted by Gasteiger charge is -2.19. The molecular weight excluding hydrogens is 275 g/mol. The van der Waals surface area contributed by atoms with Gasteiger partial charge in [0.15, 0.2) is 0 Å². The van der Waals surface area contributed by atoms with Crippen molar-refractivity contribution in [2.75, 3.05) is 5.32 Å². The zero-order valence-electron chi connectivity index (χ0n) is 7.92. The summed E-state index contributed by atoms with van der Waals surface area (Å²) in [5.74, 6) is 0. The summed E-state index contributed by atoms with van der Waals surface area (Å²) in [6.45, 7) is 4.10. The Morgan fingerprint density at radius 1 is 1.31 bits per heavy atom. The molecule has 0 radical (unpaired) electrons. The van der Waals surface area contributed by atoms with E-state index in [9.17, 15) is 0 Å². The third-order valence-corrected chi connectivity index (χ3v) is 2.99. The maximum absolute atomic E-state index is 5.77. The molecule has 0 aromatic heterocycles. The SMILES string of the molecule is CC(N)C(C)Nc1ccccc1I. The van der Waals surface area contributed by atoms with Gasteiger partial charge >= 0.3 is 0 Å². The smallest absolute Gasteiger partial charge is 0.0478 e. The normalized spacial score (nSPS) is 15.1. The highest BCUT2D eigenvalue weighted by Gasteiger charge is 2.07. The molecule has 1 aromatic carbocycles. The lowest BCUT2D eigenvalue weighted by Crippen LogP contribution is -2.35. The lowest BCUT2D eigenvalue weighted by molar-refractivity contribution is 0.638. The predicted octanol–water partition coefficient (Wildman–Crippen LogP) is 2.44. The minimum Gasteiger partial charge on any atom is -0.380 e. The average Bonchev–Trinajstić information content (AvgIpc) is 2.08. The van der Waals surface area contributed by atoms with E-state index in [1.165, 1.54) is 3.57 Å². The van der Waals surface area contributed by atoms with Gasteiger partial charge < -0.3 is 11.1 Å². The molecule has 13 heavy (non-hydrogen) atoms. The molecule has 0 saturated carbocycles. The van der Waals surface area contributed by atoms with Gasteiger partial charge in [0.1, 0.15) is 0 Å². The molecule has 0 saturated heterocycles. The summed E-state index contributed by atoms with van der Waals surface area (Å²) in [6, 6.07) is 8.67. The molecule has 0 aliphatic heterocycles. The number of nitrogens with two attached hydrogens (primary N) is 1. The maximum atomic E-state index is 5.77. The van der Waals surface area contributed by atoms with Gasteiger partial charge in [-0.3, -0.25) is 0 Å². The number of hydrogen-bond donors (Lipinski definition) is 2. The Labute approximate surface area is 93.0 Å². The summed E-state index contributed by atoms with van der Waals surface area (Å²) >= 11 is 2.31. The topological polar surface area (TPSA) is 38.0 Å². The van der Waals surface area contributed by atoms with Crippen LogP contribution >= 0.6 is 22.6 Å². The highest BCUT2D eigenvalue weighted by molar-refractivity contribution is 14.1. The van der Waals surface area contributed by atoms with Crippen molar-refractivity contribution in [3.05, 3.63) is 27.8 Å². The molecule has 0 bridgehead atoms. The molecular formula is C10H15IN2. The highest BCUT2D eigenvalue weighted by atomic mass is 127. The molecule has 0 fully saturated rings. The molecule has 2 atom stereocenters. The van der Waals surface area contributed by atoms with Gasteiger partial charge in [-0.2, -0.15) is 0 Å². The molecule has 0 aliphatic carbocycles. The quantitative estimate of drug-likeness (QED) is 0.839. The Hall–Kier alpha value is -0.290. The molecule has 2 unspecified atom stereocenters. The Kier molecular flexibility index (Phi) is 3.99. The maximum Gasteiger partial charge on any atom is 0.0478 e. The van der Waals surface area contributed by atoms with Crippen LogP contribution < -0.4 is 11.1 Å². The van der Waals surface area contributed by atoms with Crippen molar-refractivity contribution in [1.29, 1.82) is 0 Å². The molecule has 72 valence electrons. The van der Waals surface area contributed by atoms with Crippen LogP contribution in [-0.2, 0) is 0 Å². The van der Waals surface area contributed by atoms with Gasteiger partial charge in [-0.05, 0) is 48.6 Å². The standard InChI is InChI=1S/C10H15IN2/c1-7(12)8(2)13-10-6-4-3-5-9(10)11/h3-8,13H,12H2,1-2H3. The number of benzene rings is 1. The van der Waals surface area contributed by atoms with Gasteiger partial charge in [0, 0.05) is 21.3 Å². The zero-order chi connectivity index (χ0) is 9.84. The average molecular weight is 290 g/mol. The van der Waals surface area contributed by atoms with Crippen molar-refractivity contribution < 1.29 is 0 Å². The van der Waals surface area contributed by atoms with Crippen molar-refractivity contribution in [3.8, 4) is 0 Å². The van der Waals surface area contributed by atoms with Crippen LogP contribution in [0.3, 0.4) is 0 Å². The number of nitrogens with one attached hydrogen (secondary N) is 1. The van der Waals surface area contributed by atoms with Crippen LogP contribution in [0.25, 0.3) is 0 Å². The first kappa shape index (κ1) is 10.8. The zero-order valence-corrected chi connectivity index (χ0v) is 10.1. The minimum absolute atomic E-state index is 0.163. The van der Waals surface area contributed by atoms with Gasteiger partial charge in [-0.25, -0.2) is 0 Å². The molecule has 1 aromatic rings. The summed E-state index contributed by atoms with van der Waals surface area (Å²) in [6.07, 6.45) is 0. The summed E-state index contributed by atoms with van der Waals surface area (Å²) in [4.78, 5) is 0. The molecule has 0 aliphatic rings. The fourth-order valence-electron chi connectivity index (χ4n) is 0.955. The molecule has 3 heteroatoms. The van der Waals surface area contributed by atoms with Gasteiger partial charge in [-0.1, -0.05) is 12.1 Å². The van der Waals surface area contributed by atoms with Crippen molar-refractivity contribution in [2.45, 2.75) is 25.9 Å². The molecule has 0 heterocycles. The van der Waals surface area contributed by atoms with E-state index in [2.05, 4.69) is 47.0 Å². The van der Waals surface area contributed by atoms with E-state index in [0.29, 0.717) is 6.04 Å². The van der Waals surface area contributed by atoms with Crippen molar-refractivity contribution in [1.82, 2.24) is 0 Å².